The Bertz CT molecular complexity index is 467. The summed E-state index contributed by atoms with van der Waals surface area (Å²) < 4.78 is 13.2. The van der Waals surface area contributed by atoms with Crippen LogP contribution in [0.5, 0.6) is 0 Å². The molecule has 0 aliphatic carbocycles. The van der Waals surface area contributed by atoms with Gasteiger partial charge in [0.2, 0.25) is 0 Å². The standard InChI is InChI=1S/C15H20FN3/c1-2-19-6-5-13(11-19)10-18-9-12-3-4-15(16)14(7-12)8-17/h3-4,7,13,18H,2,5-6,9-11H2,1H3. The monoisotopic (exact) mass is 261 g/mol. The van der Waals surface area contributed by atoms with Crippen molar-refractivity contribution in [2.45, 2.75) is 19.9 Å². The van der Waals surface area contributed by atoms with Gasteiger partial charge in [-0.05, 0) is 49.7 Å². The molecule has 0 bridgehead atoms. The Labute approximate surface area is 114 Å². The molecular weight excluding hydrogens is 241 g/mol. The molecule has 1 N–H and O–H groups in total. The first kappa shape index (κ1) is 14.0. The molecule has 1 aromatic carbocycles. The van der Waals surface area contributed by atoms with Crippen LogP contribution in [0.4, 0.5) is 4.39 Å². The number of hydrogen-bond donors (Lipinski definition) is 1. The van der Waals surface area contributed by atoms with Crippen LogP contribution < -0.4 is 5.32 Å². The molecule has 4 heteroatoms. The minimum atomic E-state index is -0.444. The van der Waals surface area contributed by atoms with E-state index >= 15 is 0 Å². The van der Waals surface area contributed by atoms with Crippen LogP contribution in [0.3, 0.4) is 0 Å². The van der Waals surface area contributed by atoms with Gasteiger partial charge in [0.1, 0.15) is 11.9 Å². The summed E-state index contributed by atoms with van der Waals surface area (Å²) in [6.45, 7) is 7.35. The van der Waals surface area contributed by atoms with Crippen LogP contribution in [-0.4, -0.2) is 31.1 Å². The zero-order valence-corrected chi connectivity index (χ0v) is 11.3. The lowest BCUT2D eigenvalue weighted by atomic mass is 10.1. The first-order valence-electron chi connectivity index (χ1n) is 6.84. The molecule has 2 rings (SSSR count). The number of rotatable bonds is 5. The van der Waals surface area contributed by atoms with Crippen LogP contribution >= 0.6 is 0 Å². The molecule has 0 saturated carbocycles. The van der Waals surface area contributed by atoms with E-state index in [0.29, 0.717) is 12.5 Å². The normalized spacial score (nSPS) is 19.5. The Balaban J connectivity index is 1.79. The van der Waals surface area contributed by atoms with E-state index < -0.39 is 5.82 Å². The summed E-state index contributed by atoms with van der Waals surface area (Å²) in [7, 11) is 0. The highest BCUT2D eigenvalue weighted by atomic mass is 19.1. The largest absolute Gasteiger partial charge is 0.312 e. The molecule has 1 heterocycles. The van der Waals surface area contributed by atoms with Gasteiger partial charge in [-0.1, -0.05) is 13.0 Å². The summed E-state index contributed by atoms with van der Waals surface area (Å²) in [4.78, 5) is 2.46. The van der Waals surface area contributed by atoms with Gasteiger partial charge in [-0.2, -0.15) is 5.26 Å². The van der Waals surface area contributed by atoms with Crippen LogP contribution in [0.25, 0.3) is 0 Å². The molecule has 1 aromatic rings. The first-order valence-corrected chi connectivity index (χ1v) is 6.84. The molecule has 1 atom stereocenters. The van der Waals surface area contributed by atoms with Gasteiger partial charge in [-0.25, -0.2) is 4.39 Å². The third-order valence-electron chi connectivity index (χ3n) is 3.73. The summed E-state index contributed by atoms with van der Waals surface area (Å²) in [5, 5.41) is 12.2. The first-order chi connectivity index (χ1) is 9.22. The fraction of sp³-hybridized carbons (Fsp3) is 0.533. The minimum absolute atomic E-state index is 0.123. The molecular formula is C15H20FN3. The van der Waals surface area contributed by atoms with Crippen molar-refractivity contribution in [1.82, 2.24) is 10.2 Å². The van der Waals surface area contributed by atoms with Gasteiger partial charge in [0, 0.05) is 13.1 Å². The molecule has 1 saturated heterocycles. The van der Waals surface area contributed by atoms with Crippen molar-refractivity contribution >= 4 is 0 Å². The second kappa shape index (κ2) is 6.65. The van der Waals surface area contributed by atoms with Crippen LogP contribution in [0.2, 0.25) is 0 Å². The average Bonchev–Trinajstić information content (AvgIpc) is 2.88. The van der Waals surface area contributed by atoms with E-state index in [1.165, 1.54) is 19.0 Å². The molecule has 0 spiro atoms. The van der Waals surface area contributed by atoms with Crippen LogP contribution in [0.1, 0.15) is 24.5 Å². The quantitative estimate of drug-likeness (QED) is 0.882. The van der Waals surface area contributed by atoms with E-state index in [-0.39, 0.29) is 5.56 Å². The lowest BCUT2D eigenvalue weighted by Crippen LogP contribution is -2.26. The van der Waals surface area contributed by atoms with E-state index in [2.05, 4.69) is 17.1 Å². The van der Waals surface area contributed by atoms with E-state index in [9.17, 15) is 4.39 Å². The van der Waals surface area contributed by atoms with Crippen LogP contribution in [0.15, 0.2) is 18.2 Å². The predicted octanol–water partition coefficient (Wildman–Crippen LogP) is 2.13. The van der Waals surface area contributed by atoms with Crippen molar-refractivity contribution < 1.29 is 4.39 Å². The van der Waals surface area contributed by atoms with Crippen molar-refractivity contribution in [3.8, 4) is 6.07 Å². The molecule has 1 aliphatic heterocycles. The smallest absolute Gasteiger partial charge is 0.140 e. The molecule has 3 nitrogen and oxygen atoms in total. The Morgan fingerprint density at radius 3 is 3.05 bits per heavy atom. The Morgan fingerprint density at radius 2 is 2.37 bits per heavy atom. The summed E-state index contributed by atoms with van der Waals surface area (Å²) in [5.74, 6) is 0.261. The fourth-order valence-corrected chi connectivity index (χ4v) is 2.56. The summed E-state index contributed by atoms with van der Waals surface area (Å²) in [5.41, 5.74) is 1.08. The molecule has 19 heavy (non-hydrogen) atoms. The lowest BCUT2D eigenvalue weighted by molar-refractivity contribution is 0.339. The second-order valence-corrected chi connectivity index (χ2v) is 5.10. The van der Waals surface area contributed by atoms with Gasteiger partial charge in [0.05, 0.1) is 5.56 Å². The van der Waals surface area contributed by atoms with E-state index in [1.807, 2.05) is 6.07 Å². The van der Waals surface area contributed by atoms with E-state index in [0.717, 1.165) is 25.2 Å². The van der Waals surface area contributed by atoms with Crippen LogP contribution in [-0.2, 0) is 6.54 Å². The zero-order chi connectivity index (χ0) is 13.7. The Kier molecular flexibility index (Phi) is 4.89. The maximum absolute atomic E-state index is 13.2. The highest BCUT2D eigenvalue weighted by Crippen LogP contribution is 2.15. The fourth-order valence-electron chi connectivity index (χ4n) is 2.56. The Morgan fingerprint density at radius 1 is 1.53 bits per heavy atom. The molecule has 102 valence electrons. The van der Waals surface area contributed by atoms with E-state index in [1.54, 1.807) is 12.1 Å². The van der Waals surface area contributed by atoms with Gasteiger partial charge in [-0.3, -0.25) is 0 Å². The number of hydrogen-bond acceptors (Lipinski definition) is 3. The average molecular weight is 261 g/mol. The molecule has 0 radical (unpaired) electrons. The van der Waals surface area contributed by atoms with Crippen molar-refractivity contribution in [2.75, 3.05) is 26.2 Å². The molecule has 0 amide bonds. The van der Waals surface area contributed by atoms with Gasteiger partial charge in [-0.15, -0.1) is 0 Å². The third-order valence-corrected chi connectivity index (χ3v) is 3.73. The number of nitrogens with one attached hydrogen (secondary N) is 1. The summed E-state index contributed by atoms with van der Waals surface area (Å²) in [6.07, 6.45) is 1.24. The highest BCUT2D eigenvalue weighted by Gasteiger charge is 2.20. The second-order valence-electron chi connectivity index (χ2n) is 5.10. The van der Waals surface area contributed by atoms with Gasteiger partial charge in [0.25, 0.3) is 0 Å². The van der Waals surface area contributed by atoms with Crippen molar-refractivity contribution in [3.05, 3.63) is 35.1 Å². The highest BCUT2D eigenvalue weighted by molar-refractivity contribution is 5.34. The third kappa shape index (κ3) is 3.76. The Hall–Kier alpha value is -1.44. The van der Waals surface area contributed by atoms with Crippen LogP contribution in [0, 0.1) is 23.1 Å². The molecule has 1 unspecified atom stereocenters. The van der Waals surface area contributed by atoms with Gasteiger partial charge >= 0.3 is 0 Å². The van der Waals surface area contributed by atoms with Gasteiger partial charge < -0.3 is 10.2 Å². The maximum Gasteiger partial charge on any atom is 0.140 e. The molecule has 1 fully saturated rings. The lowest BCUT2D eigenvalue weighted by Gasteiger charge is -2.13. The number of benzene rings is 1. The molecule has 1 aliphatic rings. The zero-order valence-electron chi connectivity index (χ0n) is 11.3. The van der Waals surface area contributed by atoms with E-state index in [4.69, 9.17) is 5.26 Å². The maximum atomic E-state index is 13.2. The number of nitriles is 1. The van der Waals surface area contributed by atoms with Crippen molar-refractivity contribution in [1.29, 1.82) is 5.26 Å². The SMILES string of the molecule is CCN1CCC(CNCc2ccc(F)c(C#N)c2)C1. The topological polar surface area (TPSA) is 39.1 Å². The summed E-state index contributed by atoms with van der Waals surface area (Å²) >= 11 is 0. The number of likely N-dealkylation sites (tertiary alicyclic amines) is 1. The number of nitrogens with zero attached hydrogens (tertiary/aromatic N) is 2. The van der Waals surface area contributed by atoms with Crippen molar-refractivity contribution in [2.24, 2.45) is 5.92 Å². The summed E-state index contributed by atoms with van der Waals surface area (Å²) in [6, 6.07) is 6.59. The predicted molar refractivity (Wildman–Crippen MR) is 73.0 cm³/mol. The number of halogens is 1. The van der Waals surface area contributed by atoms with Crippen molar-refractivity contribution in [3.63, 3.8) is 0 Å². The van der Waals surface area contributed by atoms with Gasteiger partial charge in [0.15, 0.2) is 0 Å². The minimum Gasteiger partial charge on any atom is -0.312 e. The molecule has 0 aromatic heterocycles.